The molecule has 0 saturated heterocycles. The first-order valence-corrected chi connectivity index (χ1v) is 5.16. The second-order valence-corrected chi connectivity index (χ2v) is 4.51. The van der Waals surface area contributed by atoms with Crippen molar-refractivity contribution in [1.82, 2.24) is 0 Å². The Morgan fingerprint density at radius 2 is 2.27 bits per heavy atom. The molecule has 78 valence electrons. The Balaban J connectivity index is 2.45. The van der Waals surface area contributed by atoms with Gasteiger partial charge in [0, 0.05) is 11.0 Å². The summed E-state index contributed by atoms with van der Waals surface area (Å²) in [5.74, 6) is 1.05. The molecule has 2 heteroatoms. The van der Waals surface area contributed by atoms with E-state index in [1.807, 2.05) is 12.1 Å². The quantitative estimate of drug-likeness (QED) is 0.737. The Morgan fingerprint density at radius 1 is 1.53 bits per heavy atom. The van der Waals surface area contributed by atoms with Gasteiger partial charge >= 0.3 is 0 Å². The molecule has 0 bridgehead atoms. The summed E-state index contributed by atoms with van der Waals surface area (Å²) >= 11 is 0. The van der Waals surface area contributed by atoms with Crippen molar-refractivity contribution < 1.29 is 4.74 Å². The van der Waals surface area contributed by atoms with E-state index in [9.17, 15) is 0 Å². The molecule has 15 heavy (non-hydrogen) atoms. The van der Waals surface area contributed by atoms with E-state index < -0.39 is 0 Å². The van der Waals surface area contributed by atoms with Crippen molar-refractivity contribution in [2.75, 3.05) is 7.11 Å². The molecule has 1 aliphatic carbocycles. The molecule has 1 aromatic rings. The first kappa shape index (κ1) is 10.0. The molecule has 0 radical (unpaired) electrons. The lowest BCUT2D eigenvalue weighted by molar-refractivity contribution is 0.404. The number of ether oxygens (including phenoxy) is 1. The van der Waals surface area contributed by atoms with Crippen LogP contribution in [0.15, 0.2) is 18.2 Å². The van der Waals surface area contributed by atoms with E-state index in [0.717, 1.165) is 12.2 Å². The second kappa shape index (κ2) is 3.27. The standard InChI is InChI=1S/C13H15NO/c1-9-4-5-12(15-3)11(6-9)13(2)7-10(13)8-14/h4-6,10H,7H2,1-3H3. The summed E-state index contributed by atoms with van der Waals surface area (Å²) < 4.78 is 5.35. The zero-order chi connectivity index (χ0) is 11.1. The average Bonchev–Trinajstić information content (AvgIpc) is 2.91. The van der Waals surface area contributed by atoms with Crippen molar-refractivity contribution in [3.05, 3.63) is 29.3 Å². The van der Waals surface area contributed by atoms with Gasteiger partial charge in [0.2, 0.25) is 0 Å². The highest BCUT2D eigenvalue weighted by molar-refractivity contribution is 5.47. The predicted molar refractivity (Wildman–Crippen MR) is 58.8 cm³/mol. The summed E-state index contributed by atoms with van der Waals surface area (Å²) in [7, 11) is 1.68. The molecule has 0 heterocycles. The summed E-state index contributed by atoms with van der Waals surface area (Å²) in [5.41, 5.74) is 2.40. The maximum Gasteiger partial charge on any atom is 0.122 e. The molecular formula is C13H15NO. The van der Waals surface area contributed by atoms with Gasteiger partial charge in [0.1, 0.15) is 5.75 Å². The lowest BCUT2D eigenvalue weighted by Gasteiger charge is -2.15. The third-order valence-electron chi connectivity index (χ3n) is 3.36. The Bertz CT molecular complexity index is 433. The minimum absolute atomic E-state index is 0.00606. The summed E-state index contributed by atoms with van der Waals surface area (Å²) in [6.45, 7) is 4.20. The van der Waals surface area contributed by atoms with Gasteiger partial charge in [-0.1, -0.05) is 24.6 Å². The number of nitriles is 1. The minimum atomic E-state index is 0.00606. The van der Waals surface area contributed by atoms with Crippen LogP contribution in [0.3, 0.4) is 0 Å². The highest BCUT2D eigenvalue weighted by atomic mass is 16.5. The van der Waals surface area contributed by atoms with E-state index in [-0.39, 0.29) is 11.3 Å². The normalized spacial score (nSPS) is 28.3. The highest BCUT2D eigenvalue weighted by Crippen LogP contribution is 2.56. The Morgan fingerprint density at radius 3 is 2.80 bits per heavy atom. The maximum atomic E-state index is 8.95. The molecule has 1 aliphatic rings. The van der Waals surface area contributed by atoms with Gasteiger partial charge in [-0.25, -0.2) is 0 Å². The minimum Gasteiger partial charge on any atom is -0.496 e. The van der Waals surface area contributed by atoms with Gasteiger partial charge in [0.25, 0.3) is 0 Å². The van der Waals surface area contributed by atoms with Crippen LogP contribution in [0.2, 0.25) is 0 Å². The SMILES string of the molecule is COc1ccc(C)cc1C1(C)CC1C#N. The van der Waals surface area contributed by atoms with Gasteiger partial charge < -0.3 is 4.74 Å². The van der Waals surface area contributed by atoms with Gasteiger partial charge in [-0.3, -0.25) is 0 Å². The fourth-order valence-electron chi connectivity index (χ4n) is 2.12. The van der Waals surface area contributed by atoms with E-state index >= 15 is 0 Å². The van der Waals surface area contributed by atoms with Crippen LogP contribution in [0, 0.1) is 24.2 Å². The molecule has 2 atom stereocenters. The van der Waals surface area contributed by atoms with Crippen molar-refractivity contribution in [3.63, 3.8) is 0 Å². The molecule has 2 rings (SSSR count). The lowest BCUT2D eigenvalue weighted by Crippen LogP contribution is -2.06. The van der Waals surface area contributed by atoms with Crippen molar-refractivity contribution in [2.45, 2.75) is 25.7 Å². The Labute approximate surface area is 90.5 Å². The van der Waals surface area contributed by atoms with Crippen molar-refractivity contribution in [1.29, 1.82) is 5.26 Å². The van der Waals surface area contributed by atoms with E-state index in [1.54, 1.807) is 7.11 Å². The number of hydrogen-bond donors (Lipinski definition) is 0. The maximum absolute atomic E-state index is 8.95. The molecule has 0 aromatic heterocycles. The number of nitrogens with zero attached hydrogens (tertiary/aromatic N) is 1. The van der Waals surface area contributed by atoms with Crippen molar-refractivity contribution in [2.24, 2.45) is 5.92 Å². The van der Waals surface area contributed by atoms with Gasteiger partial charge in [-0.15, -0.1) is 0 Å². The molecule has 0 aliphatic heterocycles. The van der Waals surface area contributed by atoms with Crippen LogP contribution in [0.25, 0.3) is 0 Å². The first-order chi connectivity index (χ1) is 7.11. The summed E-state index contributed by atoms with van der Waals surface area (Å²) in [4.78, 5) is 0. The van der Waals surface area contributed by atoms with Crippen LogP contribution in [0.5, 0.6) is 5.75 Å². The third-order valence-corrected chi connectivity index (χ3v) is 3.36. The summed E-state index contributed by atoms with van der Waals surface area (Å²) in [6.07, 6.45) is 0.948. The molecule has 1 fully saturated rings. The largest absolute Gasteiger partial charge is 0.496 e. The van der Waals surface area contributed by atoms with Crippen LogP contribution in [-0.2, 0) is 5.41 Å². The molecule has 0 N–H and O–H groups in total. The fourth-order valence-corrected chi connectivity index (χ4v) is 2.12. The Hall–Kier alpha value is -1.49. The third kappa shape index (κ3) is 1.48. The molecule has 1 aromatic carbocycles. The molecular weight excluding hydrogens is 186 g/mol. The topological polar surface area (TPSA) is 33.0 Å². The highest BCUT2D eigenvalue weighted by Gasteiger charge is 2.53. The van der Waals surface area contributed by atoms with E-state index in [1.165, 1.54) is 11.1 Å². The molecule has 1 saturated carbocycles. The number of benzene rings is 1. The first-order valence-electron chi connectivity index (χ1n) is 5.16. The molecule has 2 nitrogen and oxygen atoms in total. The monoisotopic (exact) mass is 201 g/mol. The number of aryl methyl sites for hydroxylation is 1. The predicted octanol–water partition coefficient (Wildman–Crippen LogP) is 2.80. The van der Waals surface area contributed by atoms with E-state index in [4.69, 9.17) is 10.00 Å². The Kier molecular flexibility index (Phi) is 2.19. The van der Waals surface area contributed by atoms with Crippen LogP contribution in [-0.4, -0.2) is 7.11 Å². The number of hydrogen-bond acceptors (Lipinski definition) is 2. The van der Waals surface area contributed by atoms with Gasteiger partial charge in [0.15, 0.2) is 0 Å². The zero-order valence-electron chi connectivity index (χ0n) is 9.37. The molecule has 0 amide bonds. The van der Waals surface area contributed by atoms with E-state index in [0.29, 0.717) is 0 Å². The molecule has 2 unspecified atom stereocenters. The van der Waals surface area contributed by atoms with Crippen LogP contribution >= 0.6 is 0 Å². The molecule has 0 spiro atoms. The van der Waals surface area contributed by atoms with Crippen LogP contribution < -0.4 is 4.74 Å². The van der Waals surface area contributed by atoms with Crippen molar-refractivity contribution in [3.8, 4) is 11.8 Å². The number of rotatable bonds is 2. The average molecular weight is 201 g/mol. The van der Waals surface area contributed by atoms with E-state index in [2.05, 4.69) is 26.0 Å². The smallest absolute Gasteiger partial charge is 0.122 e. The van der Waals surface area contributed by atoms with Crippen molar-refractivity contribution >= 4 is 0 Å². The summed E-state index contributed by atoms with van der Waals surface area (Å²) in [5, 5.41) is 8.95. The van der Waals surface area contributed by atoms with Crippen LogP contribution in [0.4, 0.5) is 0 Å². The van der Waals surface area contributed by atoms with Gasteiger partial charge in [-0.2, -0.15) is 5.26 Å². The fraction of sp³-hybridized carbons (Fsp3) is 0.462. The zero-order valence-corrected chi connectivity index (χ0v) is 9.37. The second-order valence-electron chi connectivity index (χ2n) is 4.51. The summed E-state index contributed by atoms with van der Waals surface area (Å²) in [6, 6.07) is 8.50. The lowest BCUT2D eigenvalue weighted by atomic mass is 9.93. The van der Waals surface area contributed by atoms with Gasteiger partial charge in [-0.05, 0) is 19.4 Å². The van der Waals surface area contributed by atoms with Gasteiger partial charge in [0.05, 0.1) is 19.1 Å². The van der Waals surface area contributed by atoms with Crippen LogP contribution in [0.1, 0.15) is 24.5 Å². The number of methoxy groups -OCH3 is 1.